The van der Waals surface area contributed by atoms with E-state index < -0.39 is 0 Å². The molecule has 0 spiro atoms. The Labute approximate surface area is 123 Å². The molecule has 0 aliphatic carbocycles. The molecule has 4 heteroatoms. The average Bonchev–Trinajstić information content (AvgIpc) is 2.47. The molecule has 1 heterocycles. The molecule has 1 aromatic rings. The van der Waals surface area contributed by atoms with Crippen molar-refractivity contribution in [1.82, 2.24) is 4.90 Å². The minimum atomic E-state index is 0.116. The molecule has 1 aliphatic heterocycles. The molecule has 0 aromatic heterocycles. The van der Waals surface area contributed by atoms with Gasteiger partial charge in [0.1, 0.15) is 0 Å². The van der Waals surface area contributed by atoms with Crippen LogP contribution in [-0.2, 0) is 10.1 Å². The second-order valence-electron chi connectivity index (χ2n) is 4.80. The molecular formula is C15H20BrNO2. The van der Waals surface area contributed by atoms with Gasteiger partial charge in [0.15, 0.2) is 0 Å². The first-order chi connectivity index (χ1) is 9.24. The smallest absolute Gasteiger partial charge is 0.253 e. The predicted octanol–water partition coefficient (Wildman–Crippen LogP) is 3.22. The molecule has 0 radical (unpaired) electrons. The minimum Gasteiger partial charge on any atom is -0.377 e. The highest BCUT2D eigenvalue weighted by atomic mass is 79.9. The van der Waals surface area contributed by atoms with Crippen molar-refractivity contribution in [2.45, 2.75) is 31.2 Å². The van der Waals surface area contributed by atoms with E-state index >= 15 is 0 Å². The lowest BCUT2D eigenvalue weighted by atomic mass is 10.1. The van der Waals surface area contributed by atoms with Crippen LogP contribution < -0.4 is 0 Å². The Kier molecular flexibility index (Phi) is 5.40. The molecular weight excluding hydrogens is 306 g/mol. The quantitative estimate of drug-likeness (QED) is 0.795. The molecule has 2 rings (SSSR count). The lowest BCUT2D eigenvalue weighted by molar-refractivity contribution is 0.00724. The Morgan fingerprint density at radius 2 is 2.16 bits per heavy atom. The van der Waals surface area contributed by atoms with Crippen LogP contribution in [-0.4, -0.2) is 36.6 Å². The van der Waals surface area contributed by atoms with Gasteiger partial charge in [-0.1, -0.05) is 28.1 Å². The summed E-state index contributed by atoms with van der Waals surface area (Å²) in [6.07, 6.45) is 2.28. The van der Waals surface area contributed by atoms with Crippen molar-refractivity contribution >= 4 is 21.8 Å². The van der Waals surface area contributed by atoms with Gasteiger partial charge in [0.05, 0.1) is 6.10 Å². The van der Waals surface area contributed by atoms with Gasteiger partial charge in [-0.2, -0.15) is 0 Å². The first-order valence-electron chi connectivity index (χ1n) is 6.80. The van der Waals surface area contributed by atoms with Crippen molar-refractivity contribution in [3.05, 3.63) is 35.4 Å². The predicted molar refractivity (Wildman–Crippen MR) is 79.6 cm³/mol. The lowest BCUT2D eigenvalue weighted by Gasteiger charge is -2.32. The second-order valence-corrected chi connectivity index (χ2v) is 5.36. The van der Waals surface area contributed by atoms with Gasteiger partial charge in [0.25, 0.3) is 5.91 Å². The summed E-state index contributed by atoms with van der Waals surface area (Å²) in [4.78, 5) is 14.3. The molecule has 1 fully saturated rings. The van der Waals surface area contributed by atoms with Gasteiger partial charge in [-0.05, 0) is 37.5 Å². The van der Waals surface area contributed by atoms with Gasteiger partial charge < -0.3 is 9.64 Å². The van der Waals surface area contributed by atoms with E-state index in [0.717, 1.165) is 30.3 Å². The first kappa shape index (κ1) is 14.5. The first-order valence-corrected chi connectivity index (χ1v) is 7.92. The topological polar surface area (TPSA) is 29.5 Å². The minimum absolute atomic E-state index is 0.116. The van der Waals surface area contributed by atoms with Crippen LogP contribution in [0.25, 0.3) is 0 Å². The van der Waals surface area contributed by atoms with E-state index in [0.29, 0.717) is 13.2 Å². The van der Waals surface area contributed by atoms with E-state index in [9.17, 15) is 4.79 Å². The molecule has 3 nitrogen and oxygen atoms in total. The summed E-state index contributed by atoms with van der Waals surface area (Å²) in [7, 11) is 0. The monoisotopic (exact) mass is 325 g/mol. The summed E-state index contributed by atoms with van der Waals surface area (Å²) in [6, 6.07) is 7.80. The normalized spacial score (nSPS) is 19.5. The number of ether oxygens (including phenoxy) is 1. The Balaban J connectivity index is 2.01. The van der Waals surface area contributed by atoms with Crippen LogP contribution in [0.3, 0.4) is 0 Å². The highest BCUT2D eigenvalue weighted by Gasteiger charge is 2.24. The summed E-state index contributed by atoms with van der Waals surface area (Å²) in [5.74, 6) is 0.116. The largest absolute Gasteiger partial charge is 0.377 e. The average molecular weight is 326 g/mol. The van der Waals surface area contributed by atoms with Crippen molar-refractivity contribution < 1.29 is 9.53 Å². The fraction of sp³-hybridized carbons (Fsp3) is 0.533. The van der Waals surface area contributed by atoms with E-state index in [1.54, 1.807) is 0 Å². The number of hydrogen-bond acceptors (Lipinski definition) is 2. The van der Waals surface area contributed by atoms with Crippen molar-refractivity contribution in [3.8, 4) is 0 Å². The van der Waals surface area contributed by atoms with Crippen LogP contribution in [0.15, 0.2) is 24.3 Å². The van der Waals surface area contributed by atoms with Gasteiger partial charge in [-0.25, -0.2) is 0 Å². The van der Waals surface area contributed by atoms with Gasteiger partial charge in [0.2, 0.25) is 0 Å². The summed E-state index contributed by atoms with van der Waals surface area (Å²) in [6.45, 7) is 4.27. The number of alkyl halides is 1. The highest BCUT2D eigenvalue weighted by molar-refractivity contribution is 9.08. The van der Waals surface area contributed by atoms with Crippen LogP contribution in [0.1, 0.15) is 35.7 Å². The molecule has 1 saturated heterocycles. The number of hydrogen-bond donors (Lipinski definition) is 0. The number of carbonyl (C=O) groups excluding carboxylic acids is 1. The fourth-order valence-electron chi connectivity index (χ4n) is 2.41. The zero-order valence-electron chi connectivity index (χ0n) is 11.3. The van der Waals surface area contributed by atoms with Crippen LogP contribution in [0, 0.1) is 0 Å². The molecule has 1 amide bonds. The number of likely N-dealkylation sites (tertiary alicyclic amines) is 1. The maximum absolute atomic E-state index is 12.4. The molecule has 1 atom stereocenters. The number of halogens is 1. The van der Waals surface area contributed by atoms with E-state index in [1.807, 2.05) is 36.1 Å². The van der Waals surface area contributed by atoms with Crippen LogP contribution in [0.4, 0.5) is 0 Å². The zero-order valence-corrected chi connectivity index (χ0v) is 12.9. The standard InChI is InChI=1S/C15H20BrNO2/c1-2-19-14-4-3-9-17(11-14)15(18)13-7-5-12(10-16)6-8-13/h5-8,14H,2-4,9-11H2,1H3. The summed E-state index contributed by atoms with van der Waals surface area (Å²) >= 11 is 3.41. The van der Waals surface area contributed by atoms with Crippen molar-refractivity contribution in [3.63, 3.8) is 0 Å². The Morgan fingerprint density at radius 3 is 2.79 bits per heavy atom. The SMILES string of the molecule is CCOC1CCCN(C(=O)c2ccc(CBr)cc2)C1. The lowest BCUT2D eigenvalue weighted by Crippen LogP contribution is -2.43. The van der Waals surface area contributed by atoms with E-state index in [1.165, 1.54) is 5.56 Å². The highest BCUT2D eigenvalue weighted by Crippen LogP contribution is 2.17. The fourth-order valence-corrected chi connectivity index (χ4v) is 2.79. The number of carbonyl (C=O) groups is 1. The van der Waals surface area contributed by atoms with Crippen LogP contribution in [0.2, 0.25) is 0 Å². The third kappa shape index (κ3) is 3.80. The van der Waals surface area contributed by atoms with Gasteiger partial charge in [-0.15, -0.1) is 0 Å². The van der Waals surface area contributed by atoms with E-state index in [4.69, 9.17) is 4.74 Å². The number of nitrogens with zero attached hydrogens (tertiary/aromatic N) is 1. The van der Waals surface area contributed by atoms with E-state index in [2.05, 4.69) is 15.9 Å². The summed E-state index contributed by atoms with van der Waals surface area (Å²) in [5, 5.41) is 0.817. The van der Waals surface area contributed by atoms with Crippen molar-refractivity contribution in [2.24, 2.45) is 0 Å². The maximum atomic E-state index is 12.4. The van der Waals surface area contributed by atoms with E-state index in [-0.39, 0.29) is 12.0 Å². The number of amides is 1. The summed E-state index contributed by atoms with van der Waals surface area (Å²) in [5.41, 5.74) is 1.95. The summed E-state index contributed by atoms with van der Waals surface area (Å²) < 4.78 is 5.64. The van der Waals surface area contributed by atoms with Crippen LogP contribution >= 0.6 is 15.9 Å². The molecule has 1 unspecified atom stereocenters. The molecule has 0 N–H and O–H groups in total. The Morgan fingerprint density at radius 1 is 1.42 bits per heavy atom. The third-order valence-corrected chi connectivity index (χ3v) is 4.07. The second kappa shape index (κ2) is 7.06. The molecule has 0 bridgehead atoms. The molecule has 104 valence electrons. The third-order valence-electron chi connectivity index (χ3n) is 3.42. The van der Waals surface area contributed by atoms with Crippen LogP contribution in [0.5, 0.6) is 0 Å². The number of rotatable bonds is 4. The molecule has 0 saturated carbocycles. The number of piperidine rings is 1. The zero-order chi connectivity index (χ0) is 13.7. The molecule has 19 heavy (non-hydrogen) atoms. The Bertz CT molecular complexity index is 417. The van der Waals surface area contributed by atoms with Crippen molar-refractivity contribution in [2.75, 3.05) is 19.7 Å². The maximum Gasteiger partial charge on any atom is 0.253 e. The van der Waals surface area contributed by atoms with Gasteiger partial charge in [-0.3, -0.25) is 4.79 Å². The Hall–Kier alpha value is -0.870. The molecule has 1 aliphatic rings. The number of benzene rings is 1. The molecule has 1 aromatic carbocycles. The van der Waals surface area contributed by atoms with Gasteiger partial charge >= 0.3 is 0 Å². The van der Waals surface area contributed by atoms with Gasteiger partial charge in [0, 0.05) is 30.6 Å². The van der Waals surface area contributed by atoms with Crippen molar-refractivity contribution in [1.29, 1.82) is 0 Å².